The molecule has 0 saturated carbocycles. The Morgan fingerprint density at radius 3 is 2.77 bits per heavy atom. The molecule has 1 aromatic carbocycles. The van der Waals surface area contributed by atoms with Crippen LogP contribution in [0, 0.1) is 0 Å². The third kappa shape index (κ3) is 3.85. The molecule has 0 aliphatic heterocycles. The van der Waals surface area contributed by atoms with E-state index in [1.165, 1.54) is 48.2 Å². The predicted molar refractivity (Wildman–Crippen MR) is 92.1 cm³/mol. The van der Waals surface area contributed by atoms with Gasteiger partial charge in [0.1, 0.15) is 0 Å². The monoisotopic (exact) mass is 380 g/mol. The van der Waals surface area contributed by atoms with Crippen molar-refractivity contribution in [2.75, 3.05) is 13.4 Å². The average Bonchev–Trinajstić information content (AvgIpc) is 3.29. The van der Waals surface area contributed by atoms with E-state index in [0.29, 0.717) is 22.3 Å². The molecule has 0 aliphatic rings. The number of furan rings is 1. The van der Waals surface area contributed by atoms with Crippen molar-refractivity contribution in [2.45, 2.75) is 11.8 Å². The number of nitrogens with zero attached hydrogens (tertiary/aromatic N) is 4. The van der Waals surface area contributed by atoms with Crippen LogP contribution >= 0.6 is 11.8 Å². The first-order chi connectivity index (χ1) is 12.6. The Morgan fingerprint density at radius 2 is 2.12 bits per heavy atom. The molecule has 0 N–H and O–H groups in total. The topological polar surface area (TPSA) is 74.7 Å². The van der Waals surface area contributed by atoms with Gasteiger partial charge in [-0.05, 0) is 42.2 Å². The first-order valence-electron chi connectivity index (χ1n) is 7.33. The number of rotatable bonds is 7. The van der Waals surface area contributed by atoms with Gasteiger partial charge in [0.25, 0.3) is 0 Å². The Labute approximate surface area is 151 Å². The summed E-state index contributed by atoms with van der Waals surface area (Å²) in [5, 5.41) is 13.1. The molecular formula is C16H14F2N4O3S. The minimum atomic E-state index is -2.93. The molecule has 0 aliphatic carbocycles. The zero-order valence-electron chi connectivity index (χ0n) is 13.8. The smallest absolute Gasteiger partial charge is 0.387 e. The van der Waals surface area contributed by atoms with Crippen molar-refractivity contribution >= 4 is 18.0 Å². The molecule has 10 heteroatoms. The van der Waals surface area contributed by atoms with E-state index in [9.17, 15) is 8.78 Å². The Balaban J connectivity index is 1.92. The lowest BCUT2D eigenvalue weighted by Gasteiger charge is -2.10. The lowest BCUT2D eigenvalue weighted by Crippen LogP contribution is -2.04. The maximum Gasteiger partial charge on any atom is 0.387 e. The van der Waals surface area contributed by atoms with Crippen LogP contribution in [0.2, 0.25) is 0 Å². The largest absolute Gasteiger partial charge is 0.493 e. The second-order valence-corrected chi connectivity index (χ2v) is 5.61. The molecule has 0 saturated heterocycles. The molecule has 136 valence electrons. The molecule has 0 spiro atoms. The summed E-state index contributed by atoms with van der Waals surface area (Å²) in [5.74, 6) is 1.09. The van der Waals surface area contributed by atoms with Gasteiger partial charge in [-0.2, -0.15) is 18.6 Å². The van der Waals surface area contributed by atoms with Gasteiger partial charge in [-0.1, -0.05) is 11.8 Å². The van der Waals surface area contributed by atoms with Crippen LogP contribution < -0.4 is 9.47 Å². The zero-order chi connectivity index (χ0) is 18.5. The molecule has 0 fully saturated rings. The highest BCUT2D eigenvalue weighted by Crippen LogP contribution is 2.29. The molecule has 0 amide bonds. The van der Waals surface area contributed by atoms with Gasteiger partial charge in [0, 0.05) is 0 Å². The fourth-order valence-electron chi connectivity index (χ4n) is 2.14. The quantitative estimate of drug-likeness (QED) is 0.459. The summed E-state index contributed by atoms with van der Waals surface area (Å²) in [6.45, 7) is -2.93. The van der Waals surface area contributed by atoms with Gasteiger partial charge >= 0.3 is 6.61 Å². The highest BCUT2D eigenvalue weighted by Gasteiger charge is 2.15. The molecule has 0 unspecified atom stereocenters. The first-order valence-corrected chi connectivity index (χ1v) is 8.55. The van der Waals surface area contributed by atoms with E-state index in [0.717, 1.165) is 0 Å². The Hall–Kier alpha value is -2.88. The molecule has 7 nitrogen and oxygen atoms in total. The summed E-state index contributed by atoms with van der Waals surface area (Å²) in [7, 11) is 1.37. The van der Waals surface area contributed by atoms with Gasteiger partial charge in [-0.3, -0.25) is 0 Å². The number of alkyl halides is 2. The van der Waals surface area contributed by atoms with E-state index in [1.807, 2.05) is 6.26 Å². The number of thioether (sulfide) groups is 1. The number of halogens is 2. The minimum absolute atomic E-state index is 0.0509. The molecular weight excluding hydrogens is 366 g/mol. The van der Waals surface area contributed by atoms with Crippen molar-refractivity contribution in [3.63, 3.8) is 0 Å². The van der Waals surface area contributed by atoms with Gasteiger partial charge in [0.2, 0.25) is 11.0 Å². The average molecular weight is 380 g/mol. The maximum atomic E-state index is 12.4. The van der Waals surface area contributed by atoms with Gasteiger partial charge in [-0.15, -0.1) is 10.2 Å². The standard InChI is InChI=1S/C16H14F2N4O3S/c1-23-13-8-10(5-6-11(13)25-15(17)18)9-19-22-14(12-4-3-7-24-12)20-21-16(22)26-2/h3-9,15H,1-2H3/b19-9-. The van der Waals surface area contributed by atoms with Crippen LogP contribution in [0.1, 0.15) is 5.56 Å². The van der Waals surface area contributed by atoms with E-state index in [2.05, 4.69) is 20.0 Å². The molecule has 3 aromatic rings. The Bertz CT molecular complexity index is 897. The molecule has 26 heavy (non-hydrogen) atoms. The number of hydrogen-bond acceptors (Lipinski definition) is 7. The minimum Gasteiger partial charge on any atom is -0.493 e. The SMILES string of the molecule is COc1cc(/C=N\n2c(SC)nnc2-c2ccco2)ccc1OC(F)F. The van der Waals surface area contributed by atoms with Gasteiger partial charge in [0.15, 0.2) is 17.3 Å². The fraction of sp³-hybridized carbons (Fsp3) is 0.188. The fourth-order valence-corrected chi connectivity index (χ4v) is 2.57. The van der Waals surface area contributed by atoms with Crippen LogP contribution in [0.5, 0.6) is 11.5 Å². The molecule has 2 heterocycles. The highest BCUT2D eigenvalue weighted by molar-refractivity contribution is 7.98. The second kappa shape index (κ2) is 8.00. The van der Waals surface area contributed by atoms with Crippen LogP contribution in [-0.2, 0) is 0 Å². The van der Waals surface area contributed by atoms with E-state index < -0.39 is 6.61 Å². The van der Waals surface area contributed by atoms with Gasteiger partial charge < -0.3 is 13.9 Å². The lowest BCUT2D eigenvalue weighted by molar-refractivity contribution is -0.0512. The predicted octanol–water partition coefficient (Wildman–Crippen LogP) is 3.75. The van der Waals surface area contributed by atoms with Crippen molar-refractivity contribution in [3.05, 3.63) is 42.2 Å². The van der Waals surface area contributed by atoms with Crippen LogP contribution in [0.15, 0.2) is 51.3 Å². The van der Waals surface area contributed by atoms with Crippen molar-refractivity contribution < 1.29 is 22.7 Å². The summed E-state index contributed by atoms with van der Waals surface area (Å²) < 4.78 is 41.2. The van der Waals surface area contributed by atoms with Crippen LogP contribution in [0.25, 0.3) is 11.6 Å². The Kier molecular flexibility index (Phi) is 5.52. The molecule has 0 radical (unpaired) electrons. The Morgan fingerprint density at radius 1 is 1.27 bits per heavy atom. The molecule has 3 rings (SSSR count). The summed E-state index contributed by atoms with van der Waals surface area (Å²) in [6.07, 6.45) is 4.91. The van der Waals surface area contributed by atoms with Crippen molar-refractivity contribution in [2.24, 2.45) is 5.10 Å². The number of ether oxygens (including phenoxy) is 2. The molecule has 2 aromatic heterocycles. The molecule has 0 atom stereocenters. The van der Waals surface area contributed by atoms with E-state index in [-0.39, 0.29) is 11.5 Å². The normalized spacial score (nSPS) is 11.4. The van der Waals surface area contributed by atoms with E-state index >= 15 is 0 Å². The zero-order valence-corrected chi connectivity index (χ0v) is 14.6. The first kappa shape index (κ1) is 17.9. The van der Waals surface area contributed by atoms with Crippen LogP contribution in [-0.4, -0.2) is 41.1 Å². The summed E-state index contributed by atoms with van der Waals surface area (Å²) in [4.78, 5) is 0. The van der Waals surface area contributed by atoms with E-state index in [1.54, 1.807) is 18.2 Å². The summed E-state index contributed by atoms with van der Waals surface area (Å²) >= 11 is 1.37. The van der Waals surface area contributed by atoms with Crippen molar-refractivity contribution in [3.8, 4) is 23.1 Å². The van der Waals surface area contributed by atoms with E-state index in [4.69, 9.17) is 9.15 Å². The number of methoxy groups -OCH3 is 1. The number of hydrogen-bond donors (Lipinski definition) is 0. The summed E-state index contributed by atoms with van der Waals surface area (Å²) in [5.41, 5.74) is 0.620. The van der Waals surface area contributed by atoms with Crippen molar-refractivity contribution in [1.29, 1.82) is 0 Å². The maximum absolute atomic E-state index is 12.4. The van der Waals surface area contributed by atoms with Crippen molar-refractivity contribution in [1.82, 2.24) is 14.9 Å². The second-order valence-electron chi connectivity index (χ2n) is 4.83. The molecule has 0 bridgehead atoms. The number of aromatic nitrogens is 3. The third-order valence-electron chi connectivity index (χ3n) is 3.26. The van der Waals surface area contributed by atoms with Gasteiger partial charge in [-0.25, -0.2) is 0 Å². The van der Waals surface area contributed by atoms with Crippen LogP contribution in [0.3, 0.4) is 0 Å². The lowest BCUT2D eigenvalue weighted by atomic mass is 10.2. The number of benzene rings is 1. The highest BCUT2D eigenvalue weighted by atomic mass is 32.2. The summed E-state index contributed by atoms with van der Waals surface area (Å²) in [6, 6.07) is 8.00. The van der Waals surface area contributed by atoms with Gasteiger partial charge in [0.05, 0.1) is 19.6 Å². The van der Waals surface area contributed by atoms with Crippen LogP contribution in [0.4, 0.5) is 8.78 Å². The third-order valence-corrected chi connectivity index (χ3v) is 3.88.